The number of halogens is 1. The number of hydrogen-bond acceptors (Lipinski definition) is 5. The maximum atomic E-state index is 12.4. The first-order chi connectivity index (χ1) is 12.4. The van der Waals surface area contributed by atoms with Crippen LogP contribution in [0.3, 0.4) is 0 Å². The van der Waals surface area contributed by atoms with Crippen LogP contribution in [0.25, 0.3) is 0 Å². The predicted octanol–water partition coefficient (Wildman–Crippen LogP) is 4.14. The van der Waals surface area contributed by atoms with E-state index in [1.54, 1.807) is 12.1 Å². The fourth-order valence-corrected chi connectivity index (χ4v) is 3.60. The highest BCUT2D eigenvalue weighted by molar-refractivity contribution is 7.13. The molecule has 142 valence electrons. The van der Waals surface area contributed by atoms with Crippen molar-refractivity contribution in [3.05, 3.63) is 44.9 Å². The maximum Gasteiger partial charge on any atom is 0.263 e. The van der Waals surface area contributed by atoms with Gasteiger partial charge in [0.05, 0.1) is 5.69 Å². The van der Waals surface area contributed by atoms with Crippen LogP contribution in [0, 0.1) is 6.92 Å². The molecule has 0 saturated carbocycles. The predicted molar refractivity (Wildman–Crippen MR) is 107 cm³/mol. The molecule has 0 fully saturated rings. The van der Waals surface area contributed by atoms with Crippen LogP contribution >= 0.6 is 22.9 Å². The van der Waals surface area contributed by atoms with Gasteiger partial charge in [-0.05, 0) is 51.6 Å². The minimum Gasteiger partial charge on any atom is -0.486 e. The number of nitrogens with one attached hydrogen (secondary N) is 1. The first-order valence-corrected chi connectivity index (χ1v) is 9.97. The Morgan fingerprint density at radius 2 is 2.04 bits per heavy atom. The zero-order valence-electron chi connectivity index (χ0n) is 15.7. The van der Waals surface area contributed by atoms with Crippen molar-refractivity contribution in [2.45, 2.75) is 40.3 Å². The molecule has 5 nitrogen and oxygen atoms in total. The first kappa shape index (κ1) is 20.7. The van der Waals surface area contributed by atoms with Gasteiger partial charge in [-0.1, -0.05) is 18.5 Å². The van der Waals surface area contributed by atoms with Crippen molar-refractivity contribution >= 4 is 28.8 Å². The largest absolute Gasteiger partial charge is 0.486 e. The van der Waals surface area contributed by atoms with Gasteiger partial charge in [0.2, 0.25) is 0 Å². The van der Waals surface area contributed by atoms with Crippen molar-refractivity contribution in [1.82, 2.24) is 15.2 Å². The van der Waals surface area contributed by atoms with Crippen LogP contribution < -0.4 is 10.1 Å². The van der Waals surface area contributed by atoms with Gasteiger partial charge >= 0.3 is 0 Å². The van der Waals surface area contributed by atoms with E-state index in [0.29, 0.717) is 29.1 Å². The van der Waals surface area contributed by atoms with Crippen LogP contribution in [0.4, 0.5) is 0 Å². The molecule has 0 aliphatic heterocycles. The van der Waals surface area contributed by atoms with Gasteiger partial charge in [-0.3, -0.25) is 9.69 Å². The van der Waals surface area contributed by atoms with E-state index in [4.69, 9.17) is 16.3 Å². The lowest BCUT2D eigenvalue weighted by Gasteiger charge is -2.24. The molecular weight excluding hydrogens is 370 g/mol. The number of carbonyl (C=O) groups excluding carboxylic acids is 1. The topological polar surface area (TPSA) is 54.5 Å². The molecule has 0 atom stereocenters. The normalized spacial score (nSPS) is 11.2. The summed E-state index contributed by atoms with van der Waals surface area (Å²) in [7, 11) is 0. The van der Waals surface area contributed by atoms with E-state index in [9.17, 15) is 4.79 Å². The summed E-state index contributed by atoms with van der Waals surface area (Å²) in [4.78, 5) is 19.8. The molecular formula is C19H26ClN3O2S. The van der Waals surface area contributed by atoms with Crippen molar-refractivity contribution in [3.63, 3.8) is 0 Å². The van der Waals surface area contributed by atoms with Crippen molar-refractivity contribution in [1.29, 1.82) is 0 Å². The highest BCUT2D eigenvalue weighted by Gasteiger charge is 2.16. The Labute approximate surface area is 164 Å². The third kappa shape index (κ3) is 5.97. The number of amides is 1. The van der Waals surface area contributed by atoms with E-state index in [0.717, 1.165) is 29.5 Å². The van der Waals surface area contributed by atoms with Crippen LogP contribution in [0.15, 0.2) is 24.3 Å². The Morgan fingerprint density at radius 1 is 1.35 bits per heavy atom. The number of likely N-dealkylation sites (N-methyl/N-ethyl adjacent to an activating group) is 1. The van der Waals surface area contributed by atoms with Crippen LogP contribution in [-0.4, -0.2) is 41.5 Å². The molecule has 0 aliphatic rings. The second-order valence-electron chi connectivity index (χ2n) is 6.24. The van der Waals surface area contributed by atoms with Crippen LogP contribution in [0.2, 0.25) is 5.02 Å². The lowest BCUT2D eigenvalue weighted by atomic mass is 10.3. The van der Waals surface area contributed by atoms with Crippen molar-refractivity contribution in [2.75, 3.05) is 19.6 Å². The quantitative estimate of drug-likeness (QED) is 0.693. The van der Waals surface area contributed by atoms with Gasteiger partial charge in [-0.15, -0.1) is 11.3 Å². The average molecular weight is 396 g/mol. The molecule has 0 unspecified atom stereocenters. The third-order valence-electron chi connectivity index (χ3n) is 4.04. The van der Waals surface area contributed by atoms with Crippen LogP contribution in [0.1, 0.15) is 41.1 Å². The highest BCUT2D eigenvalue weighted by Crippen LogP contribution is 2.21. The van der Waals surface area contributed by atoms with E-state index in [1.165, 1.54) is 11.3 Å². The van der Waals surface area contributed by atoms with Gasteiger partial charge in [0, 0.05) is 24.2 Å². The Morgan fingerprint density at radius 3 is 2.65 bits per heavy atom. The van der Waals surface area contributed by atoms with Gasteiger partial charge in [-0.25, -0.2) is 4.98 Å². The number of hydrogen-bond donors (Lipinski definition) is 1. The Bertz CT molecular complexity index is 716. The molecule has 1 aromatic carbocycles. The number of rotatable bonds is 9. The Balaban J connectivity index is 1.88. The fourth-order valence-electron chi connectivity index (χ4n) is 2.58. The summed E-state index contributed by atoms with van der Waals surface area (Å²) in [6.45, 7) is 11.1. The second-order valence-corrected chi connectivity index (χ2v) is 7.76. The van der Waals surface area contributed by atoms with Crippen LogP contribution in [0.5, 0.6) is 5.75 Å². The minimum absolute atomic E-state index is 0.0717. The van der Waals surface area contributed by atoms with Crippen molar-refractivity contribution in [2.24, 2.45) is 0 Å². The lowest BCUT2D eigenvalue weighted by Crippen LogP contribution is -2.38. The Hall–Kier alpha value is -1.63. The number of thiazole rings is 1. The van der Waals surface area contributed by atoms with Crippen molar-refractivity contribution < 1.29 is 9.53 Å². The molecule has 0 saturated heterocycles. The van der Waals surface area contributed by atoms with E-state index in [2.05, 4.69) is 36.0 Å². The zero-order chi connectivity index (χ0) is 19.1. The summed E-state index contributed by atoms with van der Waals surface area (Å²) in [6.07, 6.45) is 0. The average Bonchev–Trinajstić information content (AvgIpc) is 2.98. The smallest absolute Gasteiger partial charge is 0.263 e. The van der Waals surface area contributed by atoms with Crippen molar-refractivity contribution in [3.8, 4) is 5.75 Å². The van der Waals surface area contributed by atoms with Gasteiger partial charge in [0.15, 0.2) is 0 Å². The molecule has 0 spiro atoms. The van der Waals surface area contributed by atoms with E-state index >= 15 is 0 Å². The second kappa shape index (κ2) is 9.90. The summed E-state index contributed by atoms with van der Waals surface area (Å²) < 4.78 is 5.70. The molecule has 1 aromatic heterocycles. The lowest BCUT2D eigenvalue weighted by molar-refractivity contribution is 0.0949. The molecule has 1 heterocycles. The number of ether oxygens (including phenoxy) is 1. The molecule has 0 aliphatic carbocycles. The fraction of sp³-hybridized carbons (Fsp3) is 0.474. The van der Waals surface area contributed by atoms with Crippen LogP contribution in [-0.2, 0) is 6.61 Å². The zero-order valence-corrected chi connectivity index (χ0v) is 17.3. The molecule has 0 radical (unpaired) electrons. The number of benzene rings is 1. The van der Waals surface area contributed by atoms with E-state index in [-0.39, 0.29) is 5.91 Å². The van der Waals surface area contributed by atoms with Gasteiger partial charge in [0.25, 0.3) is 5.91 Å². The standard InChI is InChI=1S/C19H26ClN3O2S/c1-5-23(13(2)3)11-10-21-19(24)18-14(4)22-17(26-18)12-25-16-8-6-15(20)7-9-16/h6-9,13H,5,10-12H2,1-4H3,(H,21,24). The maximum absolute atomic E-state index is 12.4. The summed E-state index contributed by atoms with van der Waals surface area (Å²) in [6, 6.07) is 7.65. The Kier molecular flexibility index (Phi) is 7.87. The monoisotopic (exact) mass is 395 g/mol. The number of aryl methyl sites for hydroxylation is 1. The van der Waals surface area contributed by atoms with E-state index in [1.807, 2.05) is 19.1 Å². The minimum atomic E-state index is -0.0717. The molecule has 7 heteroatoms. The molecule has 2 rings (SSSR count). The summed E-state index contributed by atoms with van der Waals surface area (Å²) in [5.41, 5.74) is 0.735. The SMILES string of the molecule is CCN(CCNC(=O)c1sc(COc2ccc(Cl)cc2)nc1C)C(C)C. The molecule has 2 aromatic rings. The molecule has 1 amide bonds. The summed E-state index contributed by atoms with van der Waals surface area (Å²) >= 11 is 7.24. The molecule has 26 heavy (non-hydrogen) atoms. The number of carbonyl (C=O) groups is 1. The van der Waals surface area contributed by atoms with Gasteiger partial charge in [0.1, 0.15) is 22.2 Å². The molecule has 0 bridgehead atoms. The first-order valence-electron chi connectivity index (χ1n) is 8.77. The van der Waals surface area contributed by atoms with Gasteiger partial charge in [-0.2, -0.15) is 0 Å². The summed E-state index contributed by atoms with van der Waals surface area (Å²) in [5, 5.41) is 4.43. The summed E-state index contributed by atoms with van der Waals surface area (Å²) in [5.74, 6) is 0.652. The van der Waals surface area contributed by atoms with E-state index < -0.39 is 0 Å². The molecule has 1 N–H and O–H groups in total. The number of nitrogens with zero attached hydrogens (tertiary/aromatic N) is 2. The highest BCUT2D eigenvalue weighted by atomic mass is 35.5. The van der Waals surface area contributed by atoms with Gasteiger partial charge < -0.3 is 10.1 Å². The third-order valence-corrected chi connectivity index (χ3v) is 5.43. The number of aromatic nitrogens is 1.